The van der Waals surface area contributed by atoms with Crippen LogP contribution in [-0.2, 0) is 4.74 Å². The summed E-state index contributed by atoms with van der Waals surface area (Å²) in [5.41, 5.74) is 6.94. The Bertz CT molecular complexity index is 1120. The van der Waals surface area contributed by atoms with E-state index in [4.69, 9.17) is 4.74 Å². The number of nitrogens with zero attached hydrogens (tertiary/aromatic N) is 2. The first kappa shape index (κ1) is 21.5. The second kappa shape index (κ2) is 9.54. The molecular weight excluding hydrogens is 446 g/mol. The van der Waals surface area contributed by atoms with Crippen molar-refractivity contribution in [3.05, 3.63) is 87.1 Å². The minimum absolute atomic E-state index is 0.305. The Hall–Kier alpha value is -3.19. The van der Waals surface area contributed by atoms with Crippen LogP contribution in [0.15, 0.2) is 64.2 Å². The zero-order valence-electron chi connectivity index (χ0n) is 17.0. The van der Waals surface area contributed by atoms with Crippen LogP contribution in [0.2, 0.25) is 0 Å². The van der Waals surface area contributed by atoms with Gasteiger partial charge in [0.1, 0.15) is 0 Å². The zero-order chi connectivity index (χ0) is 21.7. The largest absolute Gasteiger partial charge is 0.462 e. The van der Waals surface area contributed by atoms with Crippen molar-refractivity contribution < 1.29 is 14.3 Å². The van der Waals surface area contributed by atoms with Crippen LogP contribution in [0, 0.1) is 13.8 Å². The lowest BCUT2D eigenvalue weighted by Gasteiger charge is -2.14. The Morgan fingerprint density at radius 1 is 1.10 bits per heavy atom. The van der Waals surface area contributed by atoms with Crippen LogP contribution in [0.4, 0.5) is 0 Å². The summed E-state index contributed by atoms with van der Waals surface area (Å²) in [5.74, 6) is -0.670. The average molecular weight is 468 g/mol. The summed E-state index contributed by atoms with van der Waals surface area (Å²) >= 11 is 3.36. The lowest BCUT2D eigenvalue weighted by atomic mass is 10.1. The minimum Gasteiger partial charge on any atom is -0.462 e. The van der Waals surface area contributed by atoms with Gasteiger partial charge >= 0.3 is 5.97 Å². The predicted molar refractivity (Wildman–Crippen MR) is 120 cm³/mol. The van der Waals surface area contributed by atoms with Gasteiger partial charge in [0.25, 0.3) is 5.91 Å². The first-order valence-electron chi connectivity index (χ1n) is 9.47. The highest BCUT2D eigenvalue weighted by atomic mass is 79.9. The molecule has 6 nitrogen and oxygen atoms in total. The second-order valence-electron chi connectivity index (χ2n) is 6.58. The molecule has 154 valence electrons. The number of hydrogen-bond acceptors (Lipinski definition) is 4. The maximum Gasteiger partial charge on any atom is 0.340 e. The van der Waals surface area contributed by atoms with Crippen LogP contribution >= 0.6 is 15.9 Å². The lowest BCUT2D eigenvalue weighted by molar-refractivity contribution is 0.0526. The van der Waals surface area contributed by atoms with E-state index >= 15 is 0 Å². The molecule has 1 aromatic heterocycles. The van der Waals surface area contributed by atoms with E-state index in [9.17, 15) is 9.59 Å². The summed E-state index contributed by atoms with van der Waals surface area (Å²) in [7, 11) is 0. The van der Waals surface area contributed by atoms with Crippen LogP contribution in [0.25, 0.3) is 5.69 Å². The molecule has 0 aliphatic heterocycles. The number of benzene rings is 2. The average Bonchev–Trinajstić information content (AvgIpc) is 3.01. The number of para-hydroxylation sites is 1. The van der Waals surface area contributed by atoms with Crippen molar-refractivity contribution in [2.75, 3.05) is 6.61 Å². The van der Waals surface area contributed by atoms with Crippen LogP contribution in [-0.4, -0.2) is 29.3 Å². The van der Waals surface area contributed by atoms with Crippen molar-refractivity contribution in [1.82, 2.24) is 9.99 Å². The first-order valence-corrected chi connectivity index (χ1v) is 10.3. The van der Waals surface area contributed by atoms with Gasteiger partial charge in [-0.15, -0.1) is 0 Å². The fourth-order valence-corrected chi connectivity index (χ4v) is 3.67. The van der Waals surface area contributed by atoms with Crippen molar-refractivity contribution in [2.45, 2.75) is 20.8 Å². The third-order valence-corrected chi connectivity index (χ3v) is 5.29. The summed E-state index contributed by atoms with van der Waals surface area (Å²) in [6, 6.07) is 16.4. The number of amides is 1. The number of carbonyl (C=O) groups excluding carboxylic acids is 2. The minimum atomic E-state index is -0.364. The van der Waals surface area contributed by atoms with Gasteiger partial charge in [0.2, 0.25) is 0 Å². The van der Waals surface area contributed by atoms with Gasteiger partial charge in [-0.3, -0.25) is 4.79 Å². The summed E-state index contributed by atoms with van der Waals surface area (Å²) in [5, 5.41) is 4.10. The monoisotopic (exact) mass is 467 g/mol. The second-order valence-corrected chi connectivity index (χ2v) is 7.43. The highest BCUT2D eigenvalue weighted by molar-refractivity contribution is 9.10. The molecule has 0 unspecified atom stereocenters. The first-order chi connectivity index (χ1) is 14.4. The molecule has 7 heteroatoms. The molecule has 2 aromatic carbocycles. The van der Waals surface area contributed by atoms with Crippen LogP contribution < -0.4 is 5.43 Å². The van der Waals surface area contributed by atoms with Crippen molar-refractivity contribution in [3.8, 4) is 5.69 Å². The third kappa shape index (κ3) is 4.52. The number of esters is 1. The van der Waals surface area contributed by atoms with Crippen LogP contribution in [0.5, 0.6) is 0 Å². The smallest absolute Gasteiger partial charge is 0.340 e. The fourth-order valence-electron chi connectivity index (χ4n) is 3.21. The van der Waals surface area contributed by atoms with Gasteiger partial charge in [-0.25, -0.2) is 10.2 Å². The van der Waals surface area contributed by atoms with Crippen molar-refractivity contribution in [1.29, 1.82) is 0 Å². The van der Waals surface area contributed by atoms with Gasteiger partial charge in [-0.2, -0.15) is 5.10 Å². The molecule has 0 saturated carbocycles. The van der Waals surface area contributed by atoms with Gasteiger partial charge < -0.3 is 9.30 Å². The standard InChI is InChI=1S/C23H22BrN3O3/c1-4-30-23(29)19-10-6-8-12-21(19)27-15(2)13-17(16(27)3)14-25-26-22(28)18-9-5-7-11-20(18)24/h5-14H,4H2,1-3H3,(H,26,28)/b25-14+. The van der Waals surface area contributed by atoms with E-state index in [-0.39, 0.29) is 11.9 Å². The van der Waals surface area contributed by atoms with E-state index in [1.165, 1.54) is 0 Å². The molecule has 0 bridgehead atoms. The Balaban J connectivity index is 1.87. The number of nitrogens with one attached hydrogen (secondary N) is 1. The van der Waals surface area contributed by atoms with E-state index in [1.54, 1.807) is 37.4 Å². The number of aromatic nitrogens is 1. The summed E-state index contributed by atoms with van der Waals surface area (Å²) < 4.78 is 7.87. The summed E-state index contributed by atoms with van der Waals surface area (Å²) in [6.45, 7) is 5.98. The molecule has 3 aromatic rings. The number of halogens is 1. The van der Waals surface area contributed by atoms with Crippen molar-refractivity contribution >= 4 is 34.0 Å². The molecular formula is C23H22BrN3O3. The van der Waals surface area contributed by atoms with Crippen molar-refractivity contribution in [2.24, 2.45) is 5.10 Å². The normalized spacial score (nSPS) is 10.9. The molecule has 0 aliphatic carbocycles. The van der Waals surface area contributed by atoms with Gasteiger partial charge in [0, 0.05) is 21.4 Å². The molecule has 1 heterocycles. The topological polar surface area (TPSA) is 72.7 Å². The maximum absolute atomic E-state index is 12.4. The summed E-state index contributed by atoms with van der Waals surface area (Å²) in [6.07, 6.45) is 1.60. The molecule has 1 amide bonds. The van der Waals surface area contributed by atoms with Crippen LogP contribution in [0.3, 0.4) is 0 Å². The van der Waals surface area contributed by atoms with Crippen molar-refractivity contribution in [3.63, 3.8) is 0 Å². The number of hydrazone groups is 1. The highest BCUT2D eigenvalue weighted by Crippen LogP contribution is 2.23. The third-order valence-electron chi connectivity index (χ3n) is 4.60. The number of rotatable bonds is 6. The van der Waals surface area contributed by atoms with Gasteiger partial charge in [-0.1, -0.05) is 24.3 Å². The number of aryl methyl sites for hydroxylation is 1. The SMILES string of the molecule is CCOC(=O)c1ccccc1-n1c(C)cc(/C=N/NC(=O)c2ccccc2Br)c1C. The molecule has 1 N–H and O–H groups in total. The Morgan fingerprint density at radius 3 is 2.47 bits per heavy atom. The van der Waals surface area contributed by atoms with Gasteiger partial charge in [0.05, 0.1) is 29.6 Å². The van der Waals surface area contributed by atoms with Gasteiger partial charge in [-0.05, 0) is 67.0 Å². The molecule has 0 aliphatic rings. The molecule has 0 fully saturated rings. The lowest BCUT2D eigenvalue weighted by Crippen LogP contribution is -2.18. The van der Waals surface area contributed by atoms with E-state index < -0.39 is 0 Å². The Kier molecular flexibility index (Phi) is 6.84. The van der Waals surface area contributed by atoms with E-state index in [0.29, 0.717) is 22.2 Å². The maximum atomic E-state index is 12.4. The zero-order valence-corrected chi connectivity index (χ0v) is 18.6. The molecule has 0 atom stereocenters. The molecule has 30 heavy (non-hydrogen) atoms. The fraction of sp³-hybridized carbons (Fsp3) is 0.174. The number of hydrogen-bond donors (Lipinski definition) is 1. The number of carbonyl (C=O) groups is 2. The Morgan fingerprint density at radius 2 is 1.77 bits per heavy atom. The van der Waals surface area contributed by atoms with Crippen LogP contribution in [0.1, 0.15) is 44.6 Å². The highest BCUT2D eigenvalue weighted by Gasteiger charge is 2.17. The van der Waals surface area contributed by atoms with Gasteiger partial charge in [0.15, 0.2) is 0 Å². The summed E-state index contributed by atoms with van der Waals surface area (Å²) in [4.78, 5) is 24.7. The molecule has 0 saturated heterocycles. The van der Waals surface area contributed by atoms with E-state index in [1.807, 2.05) is 48.7 Å². The molecule has 3 rings (SSSR count). The predicted octanol–water partition coefficient (Wildman–Crippen LogP) is 4.80. The number of ether oxygens (including phenoxy) is 1. The van der Waals surface area contributed by atoms with E-state index in [0.717, 1.165) is 22.6 Å². The molecule has 0 spiro atoms. The quantitative estimate of drug-likeness (QED) is 0.321. The van der Waals surface area contributed by atoms with E-state index in [2.05, 4.69) is 26.5 Å². The molecule has 0 radical (unpaired) electrons. The Labute approximate surface area is 183 Å².